The lowest BCUT2D eigenvalue weighted by Crippen LogP contribution is -2.21. The Bertz CT molecular complexity index is 687. The van der Waals surface area contributed by atoms with Crippen LogP contribution in [0, 0.1) is 27.7 Å². The van der Waals surface area contributed by atoms with Crippen molar-refractivity contribution in [1.29, 1.82) is 0 Å². The van der Waals surface area contributed by atoms with E-state index in [1.165, 1.54) is 0 Å². The Morgan fingerprint density at radius 3 is 2.36 bits per heavy atom. The number of aryl methyl sites for hydroxylation is 3. The monoisotopic (exact) mass is 361 g/mol. The average Bonchev–Trinajstić information content (AvgIpc) is 2.42. The fourth-order valence-corrected chi connectivity index (χ4v) is 3.02. The van der Waals surface area contributed by atoms with Crippen LogP contribution in [-0.2, 0) is 4.79 Å². The molecule has 2 aromatic rings. The van der Waals surface area contributed by atoms with Crippen molar-refractivity contribution in [3.8, 4) is 5.75 Å². The van der Waals surface area contributed by atoms with E-state index in [1.54, 1.807) is 0 Å². The van der Waals surface area contributed by atoms with Crippen molar-refractivity contribution in [2.45, 2.75) is 27.7 Å². The molecule has 0 heterocycles. The van der Waals surface area contributed by atoms with Gasteiger partial charge in [0.15, 0.2) is 6.61 Å². The molecule has 0 aliphatic heterocycles. The molecular formula is C18H20BrNO2. The van der Waals surface area contributed by atoms with Gasteiger partial charge in [-0.1, -0.05) is 28.1 Å². The number of nitrogens with one attached hydrogen (secondary N) is 1. The lowest BCUT2D eigenvalue weighted by atomic mass is 10.1. The first-order chi connectivity index (χ1) is 10.4. The summed E-state index contributed by atoms with van der Waals surface area (Å²) in [6.07, 6.45) is 0. The van der Waals surface area contributed by atoms with Crippen molar-refractivity contribution in [3.05, 3.63) is 57.1 Å². The maximum absolute atomic E-state index is 12.1. The summed E-state index contributed by atoms with van der Waals surface area (Å²) in [4.78, 5) is 12.1. The molecule has 1 N–H and O–H groups in total. The molecule has 3 nitrogen and oxygen atoms in total. The quantitative estimate of drug-likeness (QED) is 0.856. The number of benzene rings is 2. The summed E-state index contributed by atoms with van der Waals surface area (Å²) in [5.41, 5.74) is 5.07. The maximum Gasteiger partial charge on any atom is 0.262 e. The Morgan fingerprint density at radius 1 is 1.09 bits per heavy atom. The smallest absolute Gasteiger partial charge is 0.262 e. The Kier molecular flexibility index (Phi) is 5.24. The fraction of sp³-hybridized carbons (Fsp3) is 0.278. The highest BCUT2D eigenvalue weighted by atomic mass is 79.9. The third-order valence-electron chi connectivity index (χ3n) is 3.65. The first-order valence-corrected chi connectivity index (χ1v) is 7.93. The summed E-state index contributed by atoms with van der Waals surface area (Å²) in [5.74, 6) is 0.606. The van der Waals surface area contributed by atoms with E-state index in [-0.39, 0.29) is 12.5 Å². The standard InChI is InChI=1S/C18H20BrNO2/c1-11-6-5-7-16(14(11)4)20-17(21)10-22-18-12(2)8-15(19)9-13(18)3/h5-9H,10H2,1-4H3,(H,20,21). The van der Waals surface area contributed by atoms with Crippen molar-refractivity contribution in [2.75, 3.05) is 11.9 Å². The lowest BCUT2D eigenvalue weighted by Gasteiger charge is -2.14. The largest absolute Gasteiger partial charge is 0.483 e. The van der Waals surface area contributed by atoms with Gasteiger partial charge >= 0.3 is 0 Å². The number of halogens is 1. The highest BCUT2D eigenvalue weighted by Gasteiger charge is 2.10. The Labute approximate surface area is 139 Å². The van der Waals surface area contributed by atoms with Gasteiger partial charge in [-0.2, -0.15) is 0 Å². The second-order valence-electron chi connectivity index (χ2n) is 5.45. The van der Waals surface area contributed by atoms with Crippen LogP contribution in [0.2, 0.25) is 0 Å². The summed E-state index contributed by atoms with van der Waals surface area (Å²) in [7, 11) is 0. The molecule has 116 valence electrons. The van der Waals surface area contributed by atoms with Crippen LogP contribution in [0.1, 0.15) is 22.3 Å². The second-order valence-corrected chi connectivity index (χ2v) is 6.37. The number of rotatable bonds is 4. The van der Waals surface area contributed by atoms with E-state index in [0.717, 1.165) is 38.2 Å². The number of carbonyl (C=O) groups is 1. The van der Waals surface area contributed by atoms with E-state index in [2.05, 4.69) is 21.2 Å². The van der Waals surface area contributed by atoms with Gasteiger partial charge in [-0.3, -0.25) is 4.79 Å². The Balaban J connectivity index is 2.03. The number of amides is 1. The average molecular weight is 362 g/mol. The van der Waals surface area contributed by atoms with Crippen LogP contribution in [-0.4, -0.2) is 12.5 Å². The Hall–Kier alpha value is -1.81. The zero-order valence-corrected chi connectivity index (χ0v) is 14.9. The molecule has 0 bridgehead atoms. The zero-order valence-electron chi connectivity index (χ0n) is 13.3. The number of carbonyl (C=O) groups excluding carboxylic acids is 1. The number of hydrogen-bond donors (Lipinski definition) is 1. The second kappa shape index (κ2) is 6.97. The first kappa shape index (κ1) is 16.6. The van der Waals surface area contributed by atoms with Gasteiger partial charge < -0.3 is 10.1 Å². The van der Waals surface area contributed by atoms with E-state index in [1.807, 2.05) is 58.0 Å². The number of hydrogen-bond acceptors (Lipinski definition) is 2. The van der Waals surface area contributed by atoms with E-state index in [0.29, 0.717) is 0 Å². The van der Waals surface area contributed by atoms with Gasteiger partial charge in [0, 0.05) is 10.2 Å². The van der Waals surface area contributed by atoms with Crippen LogP contribution in [0.25, 0.3) is 0 Å². The van der Waals surface area contributed by atoms with Crippen molar-refractivity contribution in [2.24, 2.45) is 0 Å². The topological polar surface area (TPSA) is 38.3 Å². The van der Waals surface area contributed by atoms with Crippen LogP contribution in [0.5, 0.6) is 5.75 Å². The Morgan fingerprint density at radius 2 is 1.73 bits per heavy atom. The third-order valence-corrected chi connectivity index (χ3v) is 4.11. The SMILES string of the molecule is Cc1cccc(NC(=O)COc2c(C)cc(Br)cc2C)c1C. The molecule has 0 saturated heterocycles. The molecular weight excluding hydrogens is 342 g/mol. The molecule has 0 aliphatic rings. The van der Waals surface area contributed by atoms with Crippen LogP contribution in [0.15, 0.2) is 34.8 Å². The predicted molar refractivity (Wildman–Crippen MR) is 93.7 cm³/mol. The van der Waals surface area contributed by atoms with Crippen LogP contribution < -0.4 is 10.1 Å². The molecule has 4 heteroatoms. The van der Waals surface area contributed by atoms with Crippen LogP contribution in [0.4, 0.5) is 5.69 Å². The van der Waals surface area contributed by atoms with Crippen molar-refractivity contribution in [3.63, 3.8) is 0 Å². The summed E-state index contributed by atoms with van der Waals surface area (Å²) in [5, 5.41) is 2.90. The molecule has 0 unspecified atom stereocenters. The van der Waals surface area contributed by atoms with Gasteiger partial charge in [-0.25, -0.2) is 0 Å². The van der Waals surface area contributed by atoms with Crippen molar-refractivity contribution in [1.82, 2.24) is 0 Å². The van der Waals surface area contributed by atoms with Gasteiger partial charge in [0.2, 0.25) is 0 Å². The molecule has 0 saturated carbocycles. The highest BCUT2D eigenvalue weighted by Crippen LogP contribution is 2.27. The van der Waals surface area contributed by atoms with Crippen LogP contribution >= 0.6 is 15.9 Å². The lowest BCUT2D eigenvalue weighted by molar-refractivity contribution is -0.118. The maximum atomic E-state index is 12.1. The summed E-state index contributed by atoms with van der Waals surface area (Å²) < 4.78 is 6.70. The van der Waals surface area contributed by atoms with Crippen molar-refractivity contribution >= 4 is 27.5 Å². The molecule has 0 aliphatic carbocycles. The summed E-state index contributed by atoms with van der Waals surface area (Å²) in [6, 6.07) is 9.81. The summed E-state index contributed by atoms with van der Waals surface area (Å²) in [6.45, 7) is 7.95. The highest BCUT2D eigenvalue weighted by molar-refractivity contribution is 9.10. The minimum atomic E-state index is -0.157. The molecule has 0 atom stereocenters. The number of ether oxygens (including phenoxy) is 1. The van der Waals surface area contributed by atoms with Gasteiger partial charge in [0.05, 0.1) is 0 Å². The molecule has 0 spiro atoms. The third kappa shape index (κ3) is 3.89. The fourth-order valence-electron chi connectivity index (χ4n) is 2.34. The van der Waals surface area contributed by atoms with E-state index < -0.39 is 0 Å². The number of anilines is 1. The minimum Gasteiger partial charge on any atom is -0.483 e. The van der Waals surface area contributed by atoms with E-state index >= 15 is 0 Å². The molecule has 0 radical (unpaired) electrons. The molecule has 2 aromatic carbocycles. The van der Waals surface area contributed by atoms with Gasteiger partial charge in [-0.05, 0) is 68.1 Å². The molecule has 0 fully saturated rings. The normalized spacial score (nSPS) is 10.4. The van der Waals surface area contributed by atoms with Gasteiger partial charge in [-0.15, -0.1) is 0 Å². The molecule has 2 rings (SSSR count). The molecule has 0 aromatic heterocycles. The molecule has 22 heavy (non-hydrogen) atoms. The van der Waals surface area contributed by atoms with Crippen molar-refractivity contribution < 1.29 is 9.53 Å². The van der Waals surface area contributed by atoms with E-state index in [4.69, 9.17) is 4.74 Å². The van der Waals surface area contributed by atoms with Gasteiger partial charge in [0.25, 0.3) is 5.91 Å². The van der Waals surface area contributed by atoms with Crippen LogP contribution in [0.3, 0.4) is 0 Å². The predicted octanol–water partition coefficient (Wildman–Crippen LogP) is 4.70. The summed E-state index contributed by atoms with van der Waals surface area (Å²) >= 11 is 3.45. The molecule has 1 amide bonds. The van der Waals surface area contributed by atoms with Gasteiger partial charge in [0.1, 0.15) is 5.75 Å². The zero-order chi connectivity index (χ0) is 16.3. The first-order valence-electron chi connectivity index (χ1n) is 7.14. The minimum absolute atomic E-state index is 0.00328. The van der Waals surface area contributed by atoms with E-state index in [9.17, 15) is 4.79 Å².